The van der Waals surface area contributed by atoms with Gasteiger partial charge in [-0.3, -0.25) is 4.79 Å². The van der Waals surface area contributed by atoms with Gasteiger partial charge in [0.2, 0.25) is 5.91 Å². The van der Waals surface area contributed by atoms with E-state index >= 15 is 0 Å². The number of anilines is 1. The quantitative estimate of drug-likeness (QED) is 0.792. The van der Waals surface area contributed by atoms with Gasteiger partial charge in [0, 0.05) is 18.0 Å². The topological polar surface area (TPSA) is 110 Å². The van der Waals surface area contributed by atoms with E-state index < -0.39 is 33.6 Å². The maximum Gasteiger partial charge on any atom is 0.341 e. The lowest BCUT2D eigenvalue weighted by molar-refractivity contribution is -0.139. The molecule has 0 aliphatic carbocycles. The molecule has 0 radical (unpaired) electrons. The molecule has 0 saturated carbocycles. The van der Waals surface area contributed by atoms with E-state index in [4.69, 9.17) is 9.84 Å². The predicted molar refractivity (Wildman–Crippen MR) is 72.5 cm³/mol. The summed E-state index contributed by atoms with van der Waals surface area (Å²) in [6.07, 6.45) is 0.976. The molecule has 0 fully saturated rings. The molecule has 1 aromatic rings. The number of carbonyl (C=O) groups excluding carboxylic acids is 1. The number of ether oxygens (including phenoxy) is 1. The highest BCUT2D eigenvalue weighted by Crippen LogP contribution is 2.18. The van der Waals surface area contributed by atoms with E-state index in [9.17, 15) is 18.0 Å². The molecule has 0 bridgehead atoms. The highest BCUT2D eigenvalue weighted by atomic mass is 32.2. The second kappa shape index (κ2) is 6.38. The molecule has 8 heteroatoms. The Hall–Kier alpha value is -2.09. The van der Waals surface area contributed by atoms with Gasteiger partial charge >= 0.3 is 5.97 Å². The van der Waals surface area contributed by atoms with E-state index in [1.54, 1.807) is 12.1 Å². The Morgan fingerprint density at radius 1 is 1.40 bits per heavy atom. The Kier molecular flexibility index (Phi) is 5.09. The second-order valence-corrected chi connectivity index (χ2v) is 6.54. The van der Waals surface area contributed by atoms with Crippen LogP contribution in [0.5, 0.6) is 5.75 Å². The van der Waals surface area contributed by atoms with Crippen molar-refractivity contribution < 1.29 is 27.9 Å². The molecule has 2 N–H and O–H groups in total. The lowest BCUT2D eigenvalue weighted by atomic mass is 10.3. The number of hydrogen-bond acceptors (Lipinski definition) is 5. The number of carbonyl (C=O) groups is 2. The van der Waals surface area contributed by atoms with Crippen molar-refractivity contribution in [3.8, 4) is 5.75 Å². The fourth-order valence-electron chi connectivity index (χ4n) is 1.25. The van der Waals surface area contributed by atoms with Crippen LogP contribution < -0.4 is 10.1 Å². The number of sulfone groups is 1. The number of carboxylic acid groups (broad SMARTS) is 1. The van der Waals surface area contributed by atoms with Crippen molar-refractivity contribution in [2.45, 2.75) is 12.2 Å². The lowest BCUT2D eigenvalue weighted by Gasteiger charge is -2.11. The number of rotatable bonds is 6. The minimum absolute atomic E-state index is 0.261. The van der Waals surface area contributed by atoms with Crippen LogP contribution in [0.25, 0.3) is 0 Å². The molecule has 110 valence electrons. The Morgan fingerprint density at radius 3 is 2.60 bits per heavy atom. The molecule has 1 amide bonds. The monoisotopic (exact) mass is 301 g/mol. The number of carboxylic acids is 1. The molecule has 1 rings (SSSR count). The van der Waals surface area contributed by atoms with E-state index in [1.165, 1.54) is 19.1 Å². The Labute approximate surface area is 116 Å². The molecule has 0 heterocycles. The first-order valence-corrected chi connectivity index (χ1v) is 7.60. The third-order valence-electron chi connectivity index (χ3n) is 2.48. The van der Waals surface area contributed by atoms with Gasteiger partial charge in [-0.1, -0.05) is 6.07 Å². The molecule has 0 aliphatic heterocycles. The van der Waals surface area contributed by atoms with Crippen molar-refractivity contribution in [1.29, 1.82) is 0 Å². The average molecular weight is 301 g/mol. The van der Waals surface area contributed by atoms with E-state index in [2.05, 4.69) is 5.32 Å². The summed E-state index contributed by atoms with van der Waals surface area (Å²) in [7, 11) is -3.47. The summed E-state index contributed by atoms with van der Waals surface area (Å²) in [5.74, 6) is -1.52. The maximum atomic E-state index is 11.7. The molecule has 0 spiro atoms. The normalized spacial score (nSPS) is 12.5. The third-order valence-corrected chi connectivity index (χ3v) is 3.97. The van der Waals surface area contributed by atoms with Crippen LogP contribution in [0, 0.1) is 0 Å². The zero-order chi connectivity index (χ0) is 15.3. The van der Waals surface area contributed by atoms with Gasteiger partial charge < -0.3 is 15.2 Å². The number of amides is 1. The van der Waals surface area contributed by atoms with Crippen LogP contribution in [-0.2, 0) is 19.4 Å². The van der Waals surface area contributed by atoms with Crippen molar-refractivity contribution in [2.24, 2.45) is 0 Å². The highest BCUT2D eigenvalue weighted by molar-refractivity contribution is 7.92. The lowest BCUT2D eigenvalue weighted by Crippen LogP contribution is -2.31. The Balaban J connectivity index is 2.76. The van der Waals surface area contributed by atoms with Crippen LogP contribution in [-0.4, -0.2) is 43.5 Å². The number of benzene rings is 1. The van der Waals surface area contributed by atoms with Crippen LogP contribution >= 0.6 is 0 Å². The Bertz CT molecular complexity index is 610. The average Bonchev–Trinajstić information content (AvgIpc) is 2.34. The van der Waals surface area contributed by atoms with Gasteiger partial charge in [-0.25, -0.2) is 13.2 Å². The van der Waals surface area contributed by atoms with Crippen molar-refractivity contribution in [3.05, 3.63) is 24.3 Å². The number of hydrogen-bond donors (Lipinski definition) is 2. The summed E-state index contributed by atoms with van der Waals surface area (Å²) in [6, 6.07) is 6.03. The first-order valence-electron chi connectivity index (χ1n) is 5.64. The van der Waals surface area contributed by atoms with Gasteiger partial charge in [-0.15, -0.1) is 0 Å². The van der Waals surface area contributed by atoms with Gasteiger partial charge in [0.1, 0.15) is 11.0 Å². The molecule has 0 aromatic heterocycles. The van der Waals surface area contributed by atoms with Crippen LogP contribution in [0.15, 0.2) is 24.3 Å². The molecule has 0 saturated heterocycles. The van der Waals surface area contributed by atoms with E-state index in [-0.39, 0.29) is 5.75 Å². The van der Waals surface area contributed by atoms with Gasteiger partial charge in [0.15, 0.2) is 16.4 Å². The number of aliphatic carboxylic acids is 1. The largest absolute Gasteiger partial charge is 0.482 e. The molecular formula is C12H15NO6S. The summed E-state index contributed by atoms with van der Waals surface area (Å²) in [5, 5.41) is 9.75. The van der Waals surface area contributed by atoms with Gasteiger partial charge in [0.05, 0.1) is 0 Å². The van der Waals surface area contributed by atoms with Crippen molar-refractivity contribution in [2.75, 3.05) is 18.2 Å². The van der Waals surface area contributed by atoms with Gasteiger partial charge in [0.25, 0.3) is 0 Å². The van der Waals surface area contributed by atoms with Crippen molar-refractivity contribution in [1.82, 2.24) is 0 Å². The van der Waals surface area contributed by atoms with Gasteiger partial charge in [-0.2, -0.15) is 0 Å². The third kappa shape index (κ3) is 4.88. The summed E-state index contributed by atoms with van der Waals surface area (Å²) < 4.78 is 27.5. The minimum Gasteiger partial charge on any atom is -0.482 e. The fourth-order valence-corrected chi connectivity index (χ4v) is 1.69. The van der Waals surface area contributed by atoms with E-state index in [0.717, 1.165) is 6.26 Å². The SMILES string of the molecule is CC(C(=O)Nc1cccc(OCC(=O)O)c1)S(C)(=O)=O. The molecular weight excluding hydrogens is 286 g/mol. The van der Waals surface area contributed by atoms with Gasteiger partial charge in [-0.05, 0) is 19.1 Å². The predicted octanol–water partition coefficient (Wildman–Crippen LogP) is 0.522. The second-order valence-electron chi connectivity index (χ2n) is 4.17. The zero-order valence-corrected chi connectivity index (χ0v) is 11.8. The van der Waals surface area contributed by atoms with Crippen LogP contribution in [0.1, 0.15) is 6.92 Å². The highest BCUT2D eigenvalue weighted by Gasteiger charge is 2.23. The van der Waals surface area contributed by atoms with Crippen LogP contribution in [0.2, 0.25) is 0 Å². The van der Waals surface area contributed by atoms with Crippen molar-refractivity contribution >= 4 is 27.4 Å². The Morgan fingerprint density at radius 2 is 2.05 bits per heavy atom. The first kappa shape index (κ1) is 16.0. The molecule has 20 heavy (non-hydrogen) atoms. The minimum atomic E-state index is -3.47. The molecule has 0 aliphatic rings. The summed E-state index contributed by atoms with van der Waals surface area (Å²) in [5.41, 5.74) is 0.327. The number of nitrogens with one attached hydrogen (secondary N) is 1. The molecule has 1 unspecified atom stereocenters. The smallest absolute Gasteiger partial charge is 0.341 e. The van der Waals surface area contributed by atoms with Crippen LogP contribution in [0.3, 0.4) is 0 Å². The summed E-state index contributed by atoms with van der Waals surface area (Å²) in [4.78, 5) is 22.1. The van der Waals surface area contributed by atoms with E-state index in [1.807, 2.05) is 0 Å². The first-order chi connectivity index (χ1) is 9.20. The van der Waals surface area contributed by atoms with Crippen LogP contribution in [0.4, 0.5) is 5.69 Å². The summed E-state index contributed by atoms with van der Waals surface area (Å²) >= 11 is 0. The zero-order valence-electron chi connectivity index (χ0n) is 11.0. The fraction of sp³-hybridized carbons (Fsp3) is 0.333. The standard InChI is InChI=1S/C12H15NO6S/c1-8(20(2,17)18)12(16)13-9-4-3-5-10(6-9)19-7-11(14)15/h3-6,8H,7H2,1-2H3,(H,13,16)(H,14,15). The van der Waals surface area contributed by atoms with E-state index in [0.29, 0.717) is 5.69 Å². The van der Waals surface area contributed by atoms with Crippen molar-refractivity contribution in [3.63, 3.8) is 0 Å². The molecule has 7 nitrogen and oxygen atoms in total. The summed E-state index contributed by atoms with van der Waals surface area (Å²) in [6.45, 7) is 0.784. The maximum absolute atomic E-state index is 11.7. The molecule has 1 atom stereocenters. The molecule has 1 aromatic carbocycles.